The fourth-order valence-corrected chi connectivity index (χ4v) is 0.908. The summed E-state index contributed by atoms with van der Waals surface area (Å²) in [6, 6.07) is 8.81. The molecule has 0 aliphatic heterocycles. The lowest BCUT2D eigenvalue weighted by atomic mass is 10.2. The van der Waals surface area contributed by atoms with E-state index in [1.807, 2.05) is 6.07 Å². The van der Waals surface area contributed by atoms with E-state index < -0.39 is 0 Å². The van der Waals surface area contributed by atoms with E-state index in [1.165, 1.54) is 19.2 Å². The molecule has 1 aromatic carbocycles. The van der Waals surface area contributed by atoms with Crippen molar-refractivity contribution in [1.82, 2.24) is 5.32 Å². The minimum atomic E-state index is -0.219. The maximum Gasteiger partial charge on any atom is 0.255 e. The minimum absolute atomic E-state index is 0.0987. The average molecular weight is 189 g/mol. The van der Waals surface area contributed by atoms with Crippen LogP contribution in [0.3, 0.4) is 0 Å². The summed E-state index contributed by atoms with van der Waals surface area (Å²) >= 11 is 0. The van der Waals surface area contributed by atoms with Gasteiger partial charge in [-0.1, -0.05) is 18.2 Å². The summed E-state index contributed by atoms with van der Waals surface area (Å²) in [5, 5.41) is 2.49. The van der Waals surface area contributed by atoms with Gasteiger partial charge in [0.25, 0.3) is 5.91 Å². The third-order valence-electron chi connectivity index (χ3n) is 1.57. The van der Waals surface area contributed by atoms with Crippen LogP contribution in [0.4, 0.5) is 0 Å². The molecular formula is C11H11NO2. The van der Waals surface area contributed by atoms with Crippen LogP contribution in [-0.4, -0.2) is 11.7 Å². The first-order valence-electron chi connectivity index (χ1n) is 4.23. The maximum absolute atomic E-state index is 11.4. The highest BCUT2D eigenvalue weighted by Crippen LogP contribution is 1.97. The van der Waals surface area contributed by atoms with E-state index >= 15 is 0 Å². The molecule has 0 fully saturated rings. The van der Waals surface area contributed by atoms with Gasteiger partial charge in [-0.05, 0) is 25.1 Å². The van der Waals surface area contributed by atoms with Gasteiger partial charge in [-0.25, -0.2) is 0 Å². The molecule has 0 atom stereocenters. The van der Waals surface area contributed by atoms with Gasteiger partial charge in [0.15, 0.2) is 5.78 Å². The second-order valence-corrected chi connectivity index (χ2v) is 2.78. The number of hydrogen-bond donors (Lipinski definition) is 1. The zero-order valence-corrected chi connectivity index (χ0v) is 7.86. The number of nitrogens with one attached hydrogen (secondary N) is 1. The third-order valence-corrected chi connectivity index (χ3v) is 1.57. The number of allylic oxidation sites excluding steroid dienone is 1. The van der Waals surface area contributed by atoms with E-state index in [4.69, 9.17) is 0 Å². The van der Waals surface area contributed by atoms with Gasteiger partial charge in [0.2, 0.25) is 0 Å². The van der Waals surface area contributed by atoms with Crippen molar-refractivity contribution in [2.75, 3.05) is 0 Å². The van der Waals surface area contributed by atoms with Crippen molar-refractivity contribution >= 4 is 11.7 Å². The Hall–Kier alpha value is -1.90. The number of amides is 1. The van der Waals surface area contributed by atoms with Crippen LogP contribution in [0, 0.1) is 0 Å². The Labute approximate surface area is 82.4 Å². The Bertz CT molecular complexity index is 355. The normalized spacial score (nSPS) is 10.1. The molecule has 0 heterocycles. The lowest BCUT2D eigenvalue weighted by molar-refractivity contribution is -0.112. The van der Waals surface area contributed by atoms with Crippen LogP contribution in [-0.2, 0) is 4.79 Å². The highest BCUT2D eigenvalue weighted by atomic mass is 16.1. The van der Waals surface area contributed by atoms with E-state index in [2.05, 4.69) is 5.32 Å². The first kappa shape index (κ1) is 10.2. The predicted molar refractivity (Wildman–Crippen MR) is 53.7 cm³/mol. The summed E-state index contributed by atoms with van der Waals surface area (Å²) in [6.07, 6.45) is 2.65. The van der Waals surface area contributed by atoms with Crippen LogP contribution >= 0.6 is 0 Å². The van der Waals surface area contributed by atoms with Gasteiger partial charge in [-0.3, -0.25) is 9.59 Å². The molecule has 1 amide bonds. The predicted octanol–water partition coefficient (Wildman–Crippen LogP) is 1.52. The van der Waals surface area contributed by atoms with Crippen LogP contribution in [0.1, 0.15) is 17.3 Å². The fraction of sp³-hybridized carbons (Fsp3) is 0.0909. The number of benzene rings is 1. The topological polar surface area (TPSA) is 46.2 Å². The van der Waals surface area contributed by atoms with Crippen molar-refractivity contribution in [1.29, 1.82) is 0 Å². The first-order valence-corrected chi connectivity index (χ1v) is 4.23. The number of rotatable bonds is 3. The Morgan fingerprint density at radius 2 is 1.86 bits per heavy atom. The number of ketones is 1. The molecule has 3 nitrogen and oxygen atoms in total. The quantitative estimate of drug-likeness (QED) is 0.733. The Balaban J connectivity index is 2.56. The highest BCUT2D eigenvalue weighted by molar-refractivity contribution is 5.95. The largest absolute Gasteiger partial charge is 0.328 e. The third kappa shape index (κ3) is 3.23. The summed E-state index contributed by atoms with van der Waals surface area (Å²) in [5.74, 6) is -0.318. The summed E-state index contributed by atoms with van der Waals surface area (Å²) in [6.45, 7) is 1.42. The summed E-state index contributed by atoms with van der Waals surface area (Å²) in [7, 11) is 0. The Morgan fingerprint density at radius 1 is 1.21 bits per heavy atom. The van der Waals surface area contributed by atoms with Gasteiger partial charge < -0.3 is 5.32 Å². The summed E-state index contributed by atoms with van der Waals surface area (Å²) < 4.78 is 0. The zero-order valence-electron chi connectivity index (χ0n) is 7.86. The number of carbonyl (C=O) groups excluding carboxylic acids is 2. The molecule has 0 aliphatic rings. The summed E-state index contributed by atoms with van der Waals surface area (Å²) in [5.41, 5.74) is 0.570. The van der Waals surface area contributed by atoms with Crippen molar-refractivity contribution in [2.24, 2.45) is 0 Å². The molecule has 1 rings (SSSR count). The van der Waals surface area contributed by atoms with E-state index in [1.54, 1.807) is 24.3 Å². The minimum Gasteiger partial charge on any atom is -0.328 e. The molecule has 3 heteroatoms. The molecule has 0 aliphatic carbocycles. The van der Waals surface area contributed by atoms with Gasteiger partial charge in [0.05, 0.1) is 0 Å². The Morgan fingerprint density at radius 3 is 2.43 bits per heavy atom. The van der Waals surface area contributed by atoms with Crippen LogP contribution in [0.5, 0.6) is 0 Å². The van der Waals surface area contributed by atoms with Gasteiger partial charge in [-0.15, -0.1) is 0 Å². The van der Waals surface area contributed by atoms with Crippen molar-refractivity contribution in [3.05, 3.63) is 48.2 Å². The smallest absolute Gasteiger partial charge is 0.255 e. The molecule has 0 saturated heterocycles. The molecule has 0 aromatic heterocycles. The monoisotopic (exact) mass is 189 g/mol. The summed E-state index contributed by atoms with van der Waals surface area (Å²) in [4.78, 5) is 21.9. The van der Waals surface area contributed by atoms with Crippen LogP contribution in [0.15, 0.2) is 42.6 Å². The lowest BCUT2D eigenvalue weighted by Crippen LogP contribution is -2.16. The van der Waals surface area contributed by atoms with Gasteiger partial charge in [-0.2, -0.15) is 0 Å². The second kappa shape index (κ2) is 4.97. The van der Waals surface area contributed by atoms with Crippen molar-refractivity contribution in [3.63, 3.8) is 0 Å². The molecule has 1 aromatic rings. The molecular weight excluding hydrogens is 178 g/mol. The number of hydrogen-bond acceptors (Lipinski definition) is 2. The SMILES string of the molecule is CC(=O)/C=C\NC(=O)c1ccccc1. The van der Waals surface area contributed by atoms with E-state index in [9.17, 15) is 9.59 Å². The molecule has 0 unspecified atom stereocenters. The van der Waals surface area contributed by atoms with Crippen LogP contribution in [0.2, 0.25) is 0 Å². The Kier molecular flexibility index (Phi) is 3.61. The molecule has 0 saturated carbocycles. The van der Waals surface area contributed by atoms with E-state index in [0.717, 1.165) is 0 Å². The van der Waals surface area contributed by atoms with E-state index in [-0.39, 0.29) is 11.7 Å². The molecule has 14 heavy (non-hydrogen) atoms. The van der Waals surface area contributed by atoms with Crippen molar-refractivity contribution in [2.45, 2.75) is 6.92 Å². The highest BCUT2D eigenvalue weighted by Gasteiger charge is 2.00. The van der Waals surface area contributed by atoms with Crippen LogP contribution < -0.4 is 5.32 Å². The molecule has 72 valence electrons. The standard InChI is InChI=1S/C11H11NO2/c1-9(13)7-8-12-11(14)10-5-3-2-4-6-10/h2-8H,1H3,(H,12,14)/b8-7-. The molecule has 1 N–H and O–H groups in total. The van der Waals surface area contributed by atoms with Crippen LogP contribution in [0.25, 0.3) is 0 Å². The number of carbonyl (C=O) groups is 2. The van der Waals surface area contributed by atoms with Gasteiger partial charge in [0, 0.05) is 11.8 Å². The zero-order chi connectivity index (χ0) is 10.4. The second-order valence-electron chi connectivity index (χ2n) is 2.78. The van der Waals surface area contributed by atoms with Gasteiger partial charge >= 0.3 is 0 Å². The van der Waals surface area contributed by atoms with E-state index in [0.29, 0.717) is 5.56 Å². The van der Waals surface area contributed by atoms with Gasteiger partial charge in [0.1, 0.15) is 0 Å². The molecule has 0 radical (unpaired) electrons. The van der Waals surface area contributed by atoms with Crippen molar-refractivity contribution in [3.8, 4) is 0 Å². The average Bonchev–Trinajstić information content (AvgIpc) is 2.18. The molecule has 0 spiro atoms. The maximum atomic E-state index is 11.4. The molecule has 0 bridgehead atoms. The lowest BCUT2D eigenvalue weighted by Gasteiger charge is -1.98. The first-order chi connectivity index (χ1) is 6.70. The van der Waals surface area contributed by atoms with Crippen molar-refractivity contribution < 1.29 is 9.59 Å². The fourth-order valence-electron chi connectivity index (χ4n) is 0.908.